The molecule has 0 aromatic heterocycles. The predicted molar refractivity (Wildman–Crippen MR) is 84.7 cm³/mol. The van der Waals surface area contributed by atoms with E-state index in [1.165, 1.54) is 6.21 Å². The van der Waals surface area contributed by atoms with Gasteiger partial charge in [0.25, 0.3) is 0 Å². The molecule has 134 valence electrons. The van der Waals surface area contributed by atoms with E-state index < -0.39 is 24.4 Å². The zero-order chi connectivity index (χ0) is 18.1. The third kappa shape index (κ3) is 6.22. The summed E-state index contributed by atoms with van der Waals surface area (Å²) < 4.78 is 10.4. The van der Waals surface area contributed by atoms with Gasteiger partial charge in [0.2, 0.25) is 0 Å². The lowest BCUT2D eigenvalue weighted by Gasteiger charge is -2.10. The molecule has 0 unspecified atom stereocenters. The number of hydrogen-bond acceptors (Lipinski definition) is 7. The van der Waals surface area contributed by atoms with Crippen LogP contribution in [0.3, 0.4) is 0 Å². The maximum Gasteiger partial charge on any atom is 0.329 e. The number of benzene rings is 1. The van der Waals surface area contributed by atoms with Crippen LogP contribution in [-0.4, -0.2) is 49.9 Å². The van der Waals surface area contributed by atoms with Crippen LogP contribution in [0.25, 0.3) is 0 Å². The Hall–Kier alpha value is -2.94. The molecule has 25 heavy (non-hydrogen) atoms. The molecule has 9 heteroatoms. The highest BCUT2D eigenvalue weighted by Crippen LogP contribution is 2.15. The van der Waals surface area contributed by atoms with Crippen molar-refractivity contribution in [2.45, 2.75) is 18.9 Å². The highest BCUT2D eigenvalue weighted by Gasteiger charge is 2.18. The molecule has 0 aliphatic carbocycles. The number of carbonyl (C=O) groups is 3. The summed E-state index contributed by atoms with van der Waals surface area (Å²) in [6, 6.07) is 6.49. The van der Waals surface area contributed by atoms with Gasteiger partial charge >= 0.3 is 11.8 Å². The summed E-state index contributed by atoms with van der Waals surface area (Å²) in [5.74, 6) is -2.83. The van der Waals surface area contributed by atoms with Gasteiger partial charge in [-0.15, -0.1) is 0 Å². The monoisotopic (exact) mass is 348 g/mol. The van der Waals surface area contributed by atoms with Gasteiger partial charge in [0, 0.05) is 18.7 Å². The van der Waals surface area contributed by atoms with Gasteiger partial charge in [-0.3, -0.25) is 9.59 Å². The summed E-state index contributed by atoms with van der Waals surface area (Å²) in [5, 5.41) is 16.6. The smallest absolute Gasteiger partial charge is 0.329 e. The third-order valence-electron chi connectivity index (χ3n) is 3.35. The fourth-order valence-electron chi connectivity index (χ4n) is 2.16. The number of amides is 2. The summed E-state index contributed by atoms with van der Waals surface area (Å²) in [6.45, 7) is 0.329. The van der Waals surface area contributed by atoms with Crippen molar-refractivity contribution >= 4 is 24.0 Å². The Bertz CT molecular complexity index is 655. The zero-order valence-electron chi connectivity index (χ0n) is 13.4. The quantitative estimate of drug-likeness (QED) is 0.353. The van der Waals surface area contributed by atoms with E-state index in [4.69, 9.17) is 9.47 Å². The first-order valence-corrected chi connectivity index (χ1v) is 7.71. The van der Waals surface area contributed by atoms with Gasteiger partial charge in [-0.25, -0.2) is 5.43 Å². The fourth-order valence-corrected chi connectivity index (χ4v) is 2.16. The molecular weight excluding hydrogens is 330 g/mol. The maximum atomic E-state index is 11.6. The first-order valence-electron chi connectivity index (χ1n) is 7.71. The van der Waals surface area contributed by atoms with E-state index in [1.54, 1.807) is 24.3 Å². The Morgan fingerprint density at radius 2 is 2.12 bits per heavy atom. The lowest BCUT2D eigenvalue weighted by molar-refractivity contribution is -0.307. The number of nitrogens with zero attached hydrogens (tertiary/aromatic N) is 1. The van der Waals surface area contributed by atoms with E-state index in [-0.39, 0.29) is 18.4 Å². The van der Waals surface area contributed by atoms with Gasteiger partial charge < -0.3 is 24.7 Å². The van der Waals surface area contributed by atoms with Gasteiger partial charge in [-0.1, -0.05) is 12.1 Å². The van der Waals surface area contributed by atoms with Crippen molar-refractivity contribution < 1.29 is 29.0 Å². The SMILES string of the molecule is O=C([O-])COc1ccccc1/C=N\NC(=O)C(=O)NC[C@@H]1CCCO1. The Morgan fingerprint density at radius 1 is 1.32 bits per heavy atom. The summed E-state index contributed by atoms with van der Waals surface area (Å²) in [5.41, 5.74) is 2.53. The molecular formula is C16H18N3O6-. The van der Waals surface area contributed by atoms with Gasteiger partial charge in [0.05, 0.1) is 18.3 Å². The fraction of sp³-hybridized carbons (Fsp3) is 0.375. The number of para-hydroxylation sites is 1. The van der Waals surface area contributed by atoms with Crippen molar-refractivity contribution in [3.8, 4) is 5.75 Å². The molecule has 1 fully saturated rings. The van der Waals surface area contributed by atoms with Crippen LogP contribution in [0.1, 0.15) is 18.4 Å². The number of nitrogens with one attached hydrogen (secondary N) is 2. The minimum atomic E-state index is -1.36. The molecule has 0 bridgehead atoms. The second-order valence-corrected chi connectivity index (χ2v) is 5.24. The number of carboxylic acids is 1. The number of ether oxygens (including phenoxy) is 2. The van der Waals surface area contributed by atoms with Crippen LogP contribution in [0.4, 0.5) is 0 Å². The zero-order valence-corrected chi connectivity index (χ0v) is 13.4. The maximum absolute atomic E-state index is 11.6. The average Bonchev–Trinajstić information content (AvgIpc) is 3.12. The molecule has 1 heterocycles. The van der Waals surface area contributed by atoms with E-state index in [2.05, 4.69) is 15.8 Å². The Kier molecular flexibility index (Phi) is 6.90. The van der Waals surface area contributed by atoms with Crippen LogP contribution in [0.15, 0.2) is 29.4 Å². The highest BCUT2D eigenvalue weighted by atomic mass is 16.5. The van der Waals surface area contributed by atoms with E-state index in [1.807, 2.05) is 0 Å². The minimum Gasteiger partial charge on any atom is -0.546 e. The molecule has 1 aliphatic heterocycles. The number of carboxylic acid groups (broad SMARTS) is 1. The van der Waals surface area contributed by atoms with Crippen molar-refractivity contribution in [3.05, 3.63) is 29.8 Å². The molecule has 1 aliphatic rings. The normalized spacial score (nSPS) is 16.6. The lowest BCUT2D eigenvalue weighted by Crippen LogP contribution is -2.41. The van der Waals surface area contributed by atoms with Crippen molar-refractivity contribution in [1.29, 1.82) is 0 Å². The number of aliphatic carboxylic acids is 1. The van der Waals surface area contributed by atoms with Crippen molar-refractivity contribution in [3.63, 3.8) is 0 Å². The number of rotatable bonds is 7. The largest absolute Gasteiger partial charge is 0.546 e. The highest BCUT2D eigenvalue weighted by molar-refractivity contribution is 6.35. The molecule has 2 amide bonds. The molecule has 2 N–H and O–H groups in total. The molecule has 1 aromatic carbocycles. The molecule has 0 saturated carbocycles. The molecule has 1 atom stereocenters. The first-order chi connectivity index (χ1) is 12.1. The first kappa shape index (κ1) is 18.4. The summed E-state index contributed by atoms with van der Waals surface area (Å²) in [4.78, 5) is 33.7. The molecule has 0 spiro atoms. The van der Waals surface area contributed by atoms with Gasteiger partial charge in [0.1, 0.15) is 12.4 Å². The lowest BCUT2D eigenvalue weighted by atomic mass is 10.2. The average molecular weight is 348 g/mol. The predicted octanol–water partition coefficient (Wildman–Crippen LogP) is -1.44. The third-order valence-corrected chi connectivity index (χ3v) is 3.35. The number of hydrogen-bond donors (Lipinski definition) is 2. The molecule has 1 saturated heterocycles. The molecule has 1 aromatic rings. The second-order valence-electron chi connectivity index (χ2n) is 5.24. The van der Waals surface area contributed by atoms with Crippen LogP contribution in [0, 0.1) is 0 Å². The van der Waals surface area contributed by atoms with E-state index in [9.17, 15) is 19.5 Å². The second kappa shape index (κ2) is 9.38. The molecule has 9 nitrogen and oxygen atoms in total. The van der Waals surface area contributed by atoms with E-state index >= 15 is 0 Å². The van der Waals surface area contributed by atoms with Gasteiger partial charge in [-0.2, -0.15) is 5.10 Å². The Labute approximate surface area is 144 Å². The Morgan fingerprint density at radius 3 is 2.84 bits per heavy atom. The van der Waals surface area contributed by atoms with Gasteiger partial charge in [0.15, 0.2) is 0 Å². The number of hydrazone groups is 1. The topological polar surface area (TPSA) is 129 Å². The van der Waals surface area contributed by atoms with Crippen molar-refractivity contribution in [2.75, 3.05) is 19.8 Å². The van der Waals surface area contributed by atoms with E-state index in [0.717, 1.165) is 12.8 Å². The molecule has 0 radical (unpaired) electrons. The summed E-state index contributed by atoms with van der Waals surface area (Å²) in [7, 11) is 0. The standard InChI is InChI=1S/C16H19N3O6/c20-14(21)10-25-13-6-2-1-4-11(13)8-18-19-16(23)15(22)17-9-12-5-3-7-24-12/h1-2,4,6,8,12H,3,5,7,9-10H2,(H,17,22)(H,19,23)(H,20,21)/p-1/b18-8-/t12-/m0/s1. The number of carbonyl (C=O) groups excluding carboxylic acids is 3. The van der Waals surface area contributed by atoms with Crippen molar-refractivity contribution in [1.82, 2.24) is 10.7 Å². The van der Waals surface area contributed by atoms with Crippen LogP contribution in [-0.2, 0) is 19.1 Å². The van der Waals surface area contributed by atoms with Crippen LogP contribution in [0.5, 0.6) is 5.75 Å². The summed E-state index contributed by atoms with van der Waals surface area (Å²) in [6.07, 6.45) is 2.97. The van der Waals surface area contributed by atoms with Crippen LogP contribution in [0.2, 0.25) is 0 Å². The summed E-state index contributed by atoms with van der Waals surface area (Å²) >= 11 is 0. The Balaban J connectivity index is 1.82. The minimum absolute atomic E-state index is 0.0620. The van der Waals surface area contributed by atoms with Crippen LogP contribution < -0.4 is 20.6 Å². The van der Waals surface area contributed by atoms with Crippen LogP contribution >= 0.6 is 0 Å². The van der Waals surface area contributed by atoms with Crippen molar-refractivity contribution in [2.24, 2.45) is 5.10 Å². The van der Waals surface area contributed by atoms with E-state index in [0.29, 0.717) is 12.2 Å². The van der Waals surface area contributed by atoms with Gasteiger partial charge in [-0.05, 0) is 25.0 Å². The molecule has 2 rings (SSSR count).